The van der Waals surface area contributed by atoms with Crippen molar-refractivity contribution < 1.29 is 9.59 Å². The highest BCUT2D eigenvalue weighted by atomic mass is 16.2. The number of pyridine rings is 1. The molecule has 0 N–H and O–H groups in total. The molecule has 3 heterocycles. The van der Waals surface area contributed by atoms with E-state index < -0.39 is 5.54 Å². The molecule has 1 saturated heterocycles. The van der Waals surface area contributed by atoms with Gasteiger partial charge in [-0.15, -0.1) is 0 Å². The van der Waals surface area contributed by atoms with E-state index in [1.807, 2.05) is 42.1 Å². The topological polar surface area (TPSA) is 65.9 Å². The van der Waals surface area contributed by atoms with Gasteiger partial charge < -0.3 is 4.90 Å². The Morgan fingerprint density at radius 3 is 2.41 bits per heavy atom. The van der Waals surface area contributed by atoms with Gasteiger partial charge in [0.25, 0.3) is 5.91 Å². The Kier molecular flexibility index (Phi) is 4.80. The summed E-state index contributed by atoms with van der Waals surface area (Å²) in [6, 6.07) is 16.7. The van der Waals surface area contributed by atoms with Crippen LogP contribution in [-0.4, -0.2) is 57.6 Å². The van der Waals surface area contributed by atoms with Crippen molar-refractivity contribution in [3.05, 3.63) is 66.5 Å². The smallest absolute Gasteiger partial charge is 0.255 e. The Balaban J connectivity index is 1.21. The third-order valence-corrected chi connectivity index (χ3v) is 7.16. The Morgan fingerprint density at radius 1 is 0.971 bits per heavy atom. The number of aromatic nitrogens is 1. The molecule has 0 bridgehead atoms. The van der Waals surface area contributed by atoms with Gasteiger partial charge in [0.1, 0.15) is 11.4 Å². The van der Waals surface area contributed by atoms with Crippen LogP contribution in [0.15, 0.2) is 65.9 Å². The van der Waals surface area contributed by atoms with Gasteiger partial charge in [0.05, 0.1) is 0 Å². The molecule has 6 rings (SSSR count). The van der Waals surface area contributed by atoms with E-state index in [0.29, 0.717) is 18.4 Å². The number of hydrogen-bond donors (Lipinski definition) is 0. The molecule has 172 valence electrons. The summed E-state index contributed by atoms with van der Waals surface area (Å²) in [5.74, 6) is 1.61. The van der Waals surface area contributed by atoms with E-state index in [1.165, 1.54) is 0 Å². The van der Waals surface area contributed by atoms with Gasteiger partial charge in [0, 0.05) is 54.8 Å². The number of fused-ring (bicyclic) bond motifs is 1. The van der Waals surface area contributed by atoms with Gasteiger partial charge >= 0.3 is 0 Å². The van der Waals surface area contributed by atoms with E-state index in [0.717, 1.165) is 59.2 Å². The summed E-state index contributed by atoms with van der Waals surface area (Å²) in [5, 5.41) is 2.28. The normalized spacial score (nSPS) is 19.9. The lowest BCUT2D eigenvalue weighted by Gasteiger charge is -2.41. The van der Waals surface area contributed by atoms with Crippen LogP contribution in [0.25, 0.3) is 21.9 Å². The van der Waals surface area contributed by atoms with Crippen molar-refractivity contribution in [2.45, 2.75) is 32.2 Å². The first-order chi connectivity index (χ1) is 16.4. The molecule has 2 aromatic carbocycles. The van der Waals surface area contributed by atoms with Gasteiger partial charge in [-0.25, -0.2) is 0 Å². The maximum atomic E-state index is 13.2. The lowest BCUT2D eigenvalue weighted by atomic mass is 9.97. The minimum atomic E-state index is -0.770. The Bertz CT molecular complexity index is 1320. The number of aliphatic imine (C=N–C) groups is 1. The molecule has 0 unspecified atom stereocenters. The fourth-order valence-electron chi connectivity index (χ4n) is 4.98. The Labute approximate surface area is 199 Å². The van der Waals surface area contributed by atoms with E-state index >= 15 is 0 Å². The molecule has 1 aliphatic carbocycles. The molecule has 0 atom stereocenters. The molecule has 1 aromatic heterocycles. The van der Waals surface area contributed by atoms with Gasteiger partial charge in [0.15, 0.2) is 0 Å². The summed E-state index contributed by atoms with van der Waals surface area (Å²) in [6.45, 7) is 5.83. The lowest BCUT2D eigenvalue weighted by Crippen LogP contribution is -2.55. The van der Waals surface area contributed by atoms with Gasteiger partial charge in [-0.3, -0.25) is 24.5 Å². The second-order valence-corrected chi connectivity index (χ2v) is 10.3. The van der Waals surface area contributed by atoms with Crippen LogP contribution in [-0.2, 0) is 9.59 Å². The predicted octanol–water partition coefficient (Wildman–Crippen LogP) is 4.14. The zero-order valence-electron chi connectivity index (χ0n) is 19.6. The van der Waals surface area contributed by atoms with E-state index in [4.69, 9.17) is 4.99 Å². The highest BCUT2D eigenvalue weighted by molar-refractivity contribution is 6.15. The second-order valence-electron chi connectivity index (χ2n) is 10.3. The fourth-order valence-corrected chi connectivity index (χ4v) is 4.98. The monoisotopic (exact) mass is 452 g/mol. The molecule has 0 spiro atoms. The van der Waals surface area contributed by atoms with Crippen LogP contribution in [0.4, 0.5) is 0 Å². The third-order valence-electron chi connectivity index (χ3n) is 7.16. The summed E-state index contributed by atoms with van der Waals surface area (Å²) >= 11 is 0. The van der Waals surface area contributed by atoms with Crippen molar-refractivity contribution in [1.82, 2.24) is 14.8 Å². The molecule has 2 aliphatic heterocycles. The highest BCUT2D eigenvalue weighted by Crippen LogP contribution is 2.34. The van der Waals surface area contributed by atoms with Crippen molar-refractivity contribution in [2.75, 3.05) is 19.6 Å². The molecule has 2 fully saturated rings. The Hall–Kier alpha value is -3.54. The summed E-state index contributed by atoms with van der Waals surface area (Å²) in [4.78, 5) is 38.2. The van der Waals surface area contributed by atoms with Gasteiger partial charge in [0.2, 0.25) is 5.91 Å². The number of likely N-dealkylation sites (tertiary alicyclic amines) is 1. The van der Waals surface area contributed by atoms with Crippen molar-refractivity contribution in [3.8, 4) is 11.1 Å². The molecule has 3 aromatic rings. The first-order valence-electron chi connectivity index (χ1n) is 12.0. The summed E-state index contributed by atoms with van der Waals surface area (Å²) in [7, 11) is 0. The average Bonchev–Trinajstić information content (AvgIpc) is 3.64. The van der Waals surface area contributed by atoms with Crippen LogP contribution in [0.5, 0.6) is 0 Å². The minimum Gasteiger partial charge on any atom is -0.342 e. The molecule has 2 amide bonds. The Morgan fingerprint density at radius 2 is 1.68 bits per heavy atom. The summed E-state index contributed by atoms with van der Waals surface area (Å²) < 4.78 is 0. The maximum absolute atomic E-state index is 13.2. The number of hydrogen-bond acceptors (Lipinski definition) is 4. The van der Waals surface area contributed by atoms with Crippen LogP contribution in [0.2, 0.25) is 0 Å². The molecule has 0 radical (unpaired) electrons. The standard InChI is InChI=1S/C28H28N4O2/c1-28(2)27(34)32(17-18-15-31(16-18)26(33)21-7-8-21)25(30-28)20-5-3-19(4-6-20)22-9-10-24-14-29-12-11-23(24)13-22/h3-6,9-14,18,21H,7-8,15-17H2,1-2H3. The van der Waals surface area contributed by atoms with Crippen LogP contribution in [0, 0.1) is 11.8 Å². The molecule has 3 aliphatic rings. The van der Waals surface area contributed by atoms with Crippen LogP contribution in [0.3, 0.4) is 0 Å². The van der Waals surface area contributed by atoms with Crippen LogP contribution in [0.1, 0.15) is 32.3 Å². The predicted molar refractivity (Wildman–Crippen MR) is 132 cm³/mol. The maximum Gasteiger partial charge on any atom is 0.255 e. The first-order valence-corrected chi connectivity index (χ1v) is 12.0. The fraction of sp³-hybridized carbons (Fsp3) is 0.357. The van der Waals surface area contributed by atoms with Gasteiger partial charge in [-0.05, 0) is 55.3 Å². The summed E-state index contributed by atoms with van der Waals surface area (Å²) in [5.41, 5.74) is 2.43. The number of amidine groups is 1. The van der Waals surface area contributed by atoms with Crippen LogP contribution < -0.4 is 0 Å². The van der Waals surface area contributed by atoms with Crippen molar-refractivity contribution in [1.29, 1.82) is 0 Å². The SMILES string of the molecule is CC1(C)N=C(c2ccc(-c3ccc4cnccc4c3)cc2)N(CC2CN(C(=O)C3CC3)C2)C1=O. The number of benzene rings is 2. The number of carbonyl (C=O) groups excluding carboxylic acids is 2. The highest BCUT2D eigenvalue weighted by Gasteiger charge is 2.45. The molecule has 6 nitrogen and oxygen atoms in total. The number of rotatable bonds is 5. The number of amides is 2. The first kappa shape index (κ1) is 21.0. The zero-order chi connectivity index (χ0) is 23.4. The average molecular weight is 453 g/mol. The summed E-state index contributed by atoms with van der Waals surface area (Å²) in [6.07, 6.45) is 5.74. The number of carbonyl (C=O) groups is 2. The lowest BCUT2D eigenvalue weighted by molar-refractivity contribution is -0.140. The molecule has 34 heavy (non-hydrogen) atoms. The second kappa shape index (κ2) is 7.76. The molecule has 1 saturated carbocycles. The largest absolute Gasteiger partial charge is 0.342 e. The molecular weight excluding hydrogens is 424 g/mol. The van der Waals surface area contributed by atoms with E-state index in [9.17, 15) is 9.59 Å². The van der Waals surface area contributed by atoms with Crippen molar-refractivity contribution in [2.24, 2.45) is 16.8 Å². The molecule has 6 heteroatoms. The van der Waals surface area contributed by atoms with E-state index in [2.05, 4.69) is 47.4 Å². The van der Waals surface area contributed by atoms with Crippen LogP contribution >= 0.6 is 0 Å². The number of nitrogens with zero attached hydrogens (tertiary/aromatic N) is 4. The van der Waals surface area contributed by atoms with E-state index in [-0.39, 0.29) is 11.8 Å². The van der Waals surface area contributed by atoms with Crippen molar-refractivity contribution in [3.63, 3.8) is 0 Å². The van der Waals surface area contributed by atoms with E-state index in [1.54, 1.807) is 0 Å². The third kappa shape index (κ3) is 3.67. The van der Waals surface area contributed by atoms with Gasteiger partial charge in [-0.2, -0.15) is 0 Å². The minimum absolute atomic E-state index is 0.0293. The molecular formula is C28H28N4O2. The van der Waals surface area contributed by atoms with Crippen molar-refractivity contribution >= 4 is 28.4 Å². The van der Waals surface area contributed by atoms with Gasteiger partial charge in [-0.1, -0.05) is 36.4 Å². The quantitative estimate of drug-likeness (QED) is 0.585. The zero-order valence-corrected chi connectivity index (χ0v) is 19.6.